The Balaban J connectivity index is 1.76. The first-order valence-corrected chi connectivity index (χ1v) is 7.80. The van der Waals surface area contributed by atoms with E-state index in [0.29, 0.717) is 33.7 Å². The molecular weight excluding hydrogens is 359 g/mol. The molecule has 3 nitrogen and oxygen atoms in total. The Morgan fingerprint density at radius 3 is 2.86 bits per heavy atom. The quantitative estimate of drug-likeness (QED) is 0.828. The van der Waals surface area contributed by atoms with E-state index in [2.05, 4.69) is 26.2 Å². The van der Waals surface area contributed by atoms with Gasteiger partial charge in [-0.25, -0.2) is 9.37 Å². The van der Waals surface area contributed by atoms with Crippen LogP contribution in [0.4, 0.5) is 4.39 Å². The summed E-state index contributed by atoms with van der Waals surface area (Å²) >= 11 is 9.32. The first-order valence-electron chi connectivity index (χ1n) is 6.63. The first kappa shape index (κ1) is 14.8. The standard InChI is InChI=1S/C15H13BrClFN2O/c16-9-1-5-14(12(18)7-9)21-15-6-4-11(17)13(20-15)8-19-10-2-3-10/h1,4-7,10,19H,2-3,8H2. The molecular formula is C15H13BrClFN2O. The van der Waals surface area contributed by atoms with Crippen molar-refractivity contribution in [1.29, 1.82) is 0 Å². The fourth-order valence-electron chi connectivity index (χ4n) is 1.84. The predicted molar refractivity (Wildman–Crippen MR) is 83.3 cm³/mol. The van der Waals surface area contributed by atoms with Gasteiger partial charge in [-0.15, -0.1) is 0 Å². The van der Waals surface area contributed by atoms with Gasteiger partial charge in [0.1, 0.15) is 0 Å². The maximum atomic E-state index is 13.8. The molecule has 0 amide bonds. The lowest BCUT2D eigenvalue weighted by Crippen LogP contribution is -2.16. The molecule has 0 bridgehead atoms. The predicted octanol–water partition coefficient (Wildman–Crippen LogP) is 4.68. The van der Waals surface area contributed by atoms with Crippen LogP contribution in [0.25, 0.3) is 0 Å². The summed E-state index contributed by atoms with van der Waals surface area (Å²) in [5, 5.41) is 3.92. The van der Waals surface area contributed by atoms with Crippen LogP contribution in [0.2, 0.25) is 5.02 Å². The zero-order chi connectivity index (χ0) is 14.8. The highest BCUT2D eigenvalue weighted by atomic mass is 79.9. The number of aromatic nitrogens is 1. The molecule has 1 fully saturated rings. The molecule has 21 heavy (non-hydrogen) atoms. The van der Waals surface area contributed by atoms with Crippen molar-refractivity contribution in [3.8, 4) is 11.6 Å². The number of benzene rings is 1. The third-order valence-corrected chi connectivity index (χ3v) is 3.97. The van der Waals surface area contributed by atoms with Gasteiger partial charge in [0.2, 0.25) is 5.88 Å². The van der Waals surface area contributed by atoms with Crippen LogP contribution in [0.3, 0.4) is 0 Å². The van der Waals surface area contributed by atoms with Gasteiger partial charge in [-0.1, -0.05) is 27.5 Å². The summed E-state index contributed by atoms with van der Waals surface area (Å²) in [5.74, 6) is 0.0149. The summed E-state index contributed by atoms with van der Waals surface area (Å²) in [5.41, 5.74) is 0.707. The van der Waals surface area contributed by atoms with Crippen molar-refractivity contribution < 1.29 is 9.13 Å². The van der Waals surface area contributed by atoms with Gasteiger partial charge >= 0.3 is 0 Å². The van der Waals surface area contributed by atoms with Crippen LogP contribution >= 0.6 is 27.5 Å². The van der Waals surface area contributed by atoms with Crippen molar-refractivity contribution in [2.24, 2.45) is 0 Å². The zero-order valence-corrected chi connectivity index (χ0v) is 13.4. The molecule has 110 valence electrons. The third kappa shape index (κ3) is 3.93. The van der Waals surface area contributed by atoms with E-state index in [0.717, 1.165) is 0 Å². The van der Waals surface area contributed by atoms with Crippen LogP contribution in [0.5, 0.6) is 11.6 Å². The van der Waals surface area contributed by atoms with Crippen molar-refractivity contribution in [1.82, 2.24) is 10.3 Å². The van der Waals surface area contributed by atoms with E-state index in [1.807, 2.05) is 0 Å². The number of halogens is 3. The molecule has 3 rings (SSSR count). The molecule has 2 aromatic rings. The lowest BCUT2D eigenvalue weighted by atomic mass is 10.3. The second-order valence-corrected chi connectivity index (χ2v) is 6.23. The minimum Gasteiger partial charge on any atom is -0.436 e. The summed E-state index contributed by atoms with van der Waals surface area (Å²) in [6, 6.07) is 8.52. The summed E-state index contributed by atoms with van der Waals surface area (Å²) in [6.45, 7) is 0.587. The van der Waals surface area contributed by atoms with Gasteiger partial charge in [0, 0.05) is 23.1 Å². The molecule has 1 aromatic heterocycles. The van der Waals surface area contributed by atoms with E-state index in [1.165, 1.54) is 18.9 Å². The summed E-state index contributed by atoms with van der Waals surface area (Å²) in [7, 11) is 0. The normalized spacial score (nSPS) is 14.2. The summed E-state index contributed by atoms with van der Waals surface area (Å²) < 4.78 is 19.9. The Morgan fingerprint density at radius 2 is 2.14 bits per heavy atom. The second kappa shape index (κ2) is 6.30. The molecule has 0 unspecified atom stereocenters. The number of rotatable bonds is 5. The highest BCUT2D eigenvalue weighted by Gasteiger charge is 2.21. The monoisotopic (exact) mass is 370 g/mol. The van der Waals surface area contributed by atoms with Crippen molar-refractivity contribution in [3.05, 3.63) is 51.3 Å². The fraction of sp³-hybridized carbons (Fsp3) is 0.267. The molecule has 0 spiro atoms. The van der Waals surface area contributed by atoms with Gasteiger partial charge < -0.3 is 10.1 Å². The van der Waals surface area contributed by atoms with Crippen LogP contribution in [-0.4, -0.2) is 11.0 Å². The van der Waals surface area contributed by atoms with E-state index in [4.69, 9.17) is 16.3 Å². The Hall–Kier alpha value is -1.17. The highest BCUT2D eigenvalue weighted by Crippen LogP contribution is 2.28. The van der Waals surface area contributed by atoms with Crippen molar-refractivity contribution in [2.45, 2.75) is 25.4 Å². The number of hydrogen-bond donors (Lipinski definition) is 1. The topological polar surface area (TPSA) is 34.1 Å². The van der Waals surface area contributed by atoms with Crippen molar-refractivity contribution in [2.75, 3.05) is 0 Å². The largest absolute Gasteiger partial charge is 0.436 e. The van der Waals surface area contributed by atoms with E-state index >= 15 is 0 Å². The molecule has 0 aliphatic heterocycles. The number of pyridine rings is 1. The smallest absolute Gasteiger partial charge is 0.219 e. The maximum Gasteiger partial charge on any atom is 0.219 e. The Kier molecular flexibility index (Phi) is 4.42. The second-order valence-electron chi connectivity index (χ2n) is 4.91. The maximum absolute atomic E-state index is 13.8. The molecule has 1 heterocycles. The van der Waals surface area contributed by atoms with Crippen molar-refractivity contribution in [3.63, 3.8) is 0 Å². The molecule has 1 N–H and O–H groups in total. The molecule has 0 saturated heterocycles. The number of hydrogen-bond acceptors (Lipinski definition) is 3. The minimum absolute atomic E-state index is 0.133. The number of nitrogens with one attached hydrogen (secondary N) is 1. The van der Waals surface area contributed by atoms with Gasteiger partial charge in [-0.2, -0.15) is 0 Å². The Bertz CT molecular complexity index is 664. The fourth-order valence-corrected chi connectivity index (χ4v) is 2.35. The van der Waals surface area contributed by atoms with Crippen LogP contribution in [-0.2, 0) is 6.54 Å². The third-order valence-electron chi connectivity index (χ3n) is 3.14. The van der Waals surface area contributed by atoms with Gasteiger partial charge in [0.25, 0.3) is 0 Å². The van der Waals surface area contributed by atoms with Crippen LogP contribution in [0, 0.1) is 5.82 Å². The zero-order valence-electron chi connectivity index (χ0n) is 11.1. The van der Waals surface area contributed by atoms with Gasteiger partial charge in [0.05, 0.1) is 10.7 Å². The first-order chi connectivity index (χ1) is 10.1. The molecule has 1 aliphatic rings. The van der Waals surface area contributed by atoms with E-state index in [9.17, 15) is 4.39 Å². The van der Waals surface area contributed by atoms with E-state index in [1.54, 1.807) is 24.3 Å². The van der Waals surface area contributed by atoms with E-state index in [-0.39, 0.29) is 5.75 Å². The molecule has 1 saturated carbocycles. The molecule has 0 atom stereocenters. The van der Waals surface area contributed by atoms with Gasteiger partial charge in [-0.3, -0.25) is 0 Å². The average molecular weight is 372 g/mol. The average Bonchev–Trinajstić information content (AvgIpc) is 3.26. The Morgan fingerprint density at radius 1 is 1.33 bits per heavy atom. The van der Waals surface area contributed by atoms with Crippen molar-refractivity contribution >= 4 is 27.5 Å². The number of nitrogens with zero attached hydrogens (tertiary/aromatic N) is 1. The SMILES string of the molecule is Fc1cc(Br)ccc1Oc1ccc(Cl)c(CNC2CC2)n1. The summed E-state index contributed by atoms with van der Waals surface area (Å²) in [4.78, 5) is 4.34. The van der Waals surface area contributed by atoms with Crippen LogP contribution in [0.1, 0.15) is 18.5 Å². The molecule has 6 heteroatoms. The molecule has 1 aliphatic carbocycles. The van der Waals surface area contributed by atoms with Gasteiger partial charge in [0.15, 0.2) is 11.6 Å². The van der Waals surface area contributed by atoms with Gasteiger partial charge in [-0.05, 0) is 37.1 Å². The Labute approximate surface area is 135 Å². The number of ether oxygens (including phenoxy) is 1. The lowest BCUT2D eigenvalue weighted by molar-refractivity contribution is 0.425. The highest BCUT2D eigenvalue weighted by molar-refractivity contribution is 9.10. The van der Waals surface area contributed by atoms with Crippen LogP contribution in [0.15, 0.2) is 34.8 Å². The summed E-state index contributed by atoms with van der Waals surface area (Å²) in [6.07, 6.45) is 2.38. The molecule has 0 radical (unpaired) electrons. The van der Waals surface area contributed by atoms with Crippen LogP contribution < -0.4 is 10.1 Å². The minimum atomic E-state index is -0.446. The van der Waals surface area contributed by atoms with E-state index < -0.39 is 5.82 Å². The molecule has 1 aromatic carbocycles. The lowest BCUT2D eigenvalue weighted by Gasteiger charge is -2.09.